The molecule has 0 spiro atoms. The lowest BCUT2D eigenvalue weighted by Crippen LogP contribution is -2.06. The number of anilines is 2. The van der Waals surface area contributed by atoms with Gasteiger partial charge in [-0.05, 0) is 12.5 Å². The summed E-state index contributed by atoms with van der Waals surface area (Å²) in [6, 6.07) is 0. The predicted molar refractivity (Wildman–Crippen MR) is 101 cm³/mol. The second-order valence-corrected chi connectivity index (χ2v) is 5.90. The molecule has 0 aliphatic carbocycles. The van der Waals surface area contributed by atoms with Gasteiger partial charge >= 0.3 is 11.9 Å². The number of hydrogen-bond acceptors (Lipinski definition) is 10. The summed E-state index contributed by atoms with van der Waals surface area (Å²) in [5.41, 5.74) is 0.167. The van der Waals surface area contributed by atoms with Gasteiger partial charge in [-0.25, -0.2) is 29.5 Å². The van der Waals surface area contributed by atoms with E-state index < -0.39 is 11.9 Å². The number of rotatable bonds is 6. The van der Waals surface area contributed by atoms with Crippen LogP contribution in [0.4, 0.5) is 11.6 Å². The maximum atomic E-state index is 10.7. The molecule has 10 nitrogen and oxygen atoms in total. The maximum absolute atomic E-state index is 10.7. The summed E-state index contributed by atoms with van der Waals surface area (Å²) in [5, 5.41) is 24.0. The topological polar surface area (TPSA) is 150 Å². The predicted octanol–water partition coefficient (Wildman–Crippen LogP) is 1.88. The molecule has 0 aliphatic rings. The molecule has 0 saturated carbocycles. The third-order valence-electron chi connectivity index (χ3n) is 2.83. The van der Waals surface area contributed by atoms with Crippen molar-refractivity contribution in [3.8, 4) is 0 Å². The van der Waals surface area contributed by atoms with Crippen LogP contribution < -0.4 is 10.6 Å². The van der Waals surface area contributed by atoms with Crippen molar-refractivity contribution < 1.29 is 19.8 Å². The molecule has 2 heterocycles. The van der Waals surface area contributed by atoms with Gasteiger partial charge in [0.05, 0.1) is 0 Å². The number of nitrogens with one attached hydrogen (secondary N) is 2. The van der Waals surface area contributed by atoms with Crippen LogP contribution in [0.5, 0.6) is 0 Å². The van der Waals surface area contributed by atoms with Crippen molar-refractivity contribution in [1.82, 2.24) is 19.9 Å². The lowest BCUT2D eigenvalue weighted by Gasteiger charge is -2.04. The SMILES string of the molecule is CNc1nc(SC)ncc1C(=O)O.CNc1nc(SC)ncc1C(=O)O. The molecular formula is C14H18N6O4S2. The van der Waals surface area contributed by atoms with Crippen LogP contribution in [0.3, 0.4) is 0 Å². The monoisotopic (exact) mass is 398 g/mol. The molecule has 2 aromatic rings. The minimum Gasteiger partial charge on any atom is -0.477 e. The van der Waals surface area contributed by atoms with E-state index >= 15 is 0 Å². The molecule has 0 fully saturated rings. The van der Waals surface area contributed by atoms with E-state index in [2.05, 4.69) is 30.6 Å². The lowest BCUT2D eigenvalue weighted by atomic mass is 10.3. The number of aromatic carboxylic acids is 2. The fourth-order valence-corrected chi connectivity index (χ4v) is 2.30. The Balaban J connectivity index is 0.000000260. The van der Waals surface area contributed by atoms with Crippen molar-refractivity contribution in [2.45, 2.75) is 10.3 Å². The largest absolute Gasteiger partial charge is 0.477 e. The summed E-state index contributed by atoms with van der Waals surface area (Å²) in [6.45, 7) is 0. The summed E-state index contributed by atoms with van der Waals surface area (Å²) in [5.74, 6) is -1.38. The van der Waals surface area contributed by atoms with Gasteiger partial charge in [0.15, 0.2) is 10.3 Å². The van der Waals surface area contributed by atoms with Gasteiger partial charge in [0.25, 0.3) is 0 Å². The number of carboxylic acid groups (broad SMARTS) is 2. The highest BCUT2D eigenvalue weighted by Crippen LogP contribution is 2.16. The van der Waals surface area contributed by atoms with Gasteiger partial charge in [-0.3, -0.25) is 0 Å². The molecule has 4 N–H and O–H groups in total. The van der Waals surface area contributed by atoms with Crippen molar-refractivity contribution >= 4 is 47.1 Å². The molecule has 140 valence electrons. The zero-order valence-corrected chi connectivity index (χ0v) is 16.1. The zero-order valence-electron chi connectivity index (χ0n) is 14.5. The maximum Gasteiger partial charge on any atom is 0.341 e. The highest BCUT2D eigenvalue weighted by Gasteiger charge is 2.12. The normalized spacial score (nSPS) is 9.69. The summed E-state index contributed by atoms with van der Waals surface area (Å²) >= 11 is 2.73. The number of hydrogen-bond donors (Lipinski definition) is 4. The van der Waals surface area contributed by atoms with Crippen molar-refractivity contribution in [2.75, 3.05) is 37.2 Å². The van der Waals surface area contributed by atoms with Crippen LogP contribution >= 0.6 is 23.5 Å². The van der Waals surface area contributed by atoms with E-state index in [-0.39, 0.29) is 11.1 Å². The van der Waals surface area contributed by atoms with E-state index in [0.717, 1.165) is 0 Å². The van der Waals surface area contributed by atoms with Gasteiger partial charge in [0.2, 0.25) is 0 Å². The molecule has 0 aliphatic heterocycles. The average molecular weight is 398 g/mol. The van der Waals surface area contributed by atoms with Crippen molar-refractivity contribution in [3.63, 3.8) is 0 Å². The van der Waals surface area contributed by atoms with Crippen molar-refractivity contribution in [1.29, 1.82) is 0 Å². The van der Waals surface area contributed by atoms with Crippen LogP contribution in [0.25, 0.3) is 0 Å². The first-order valence-electron chi connectivity index (χ1n) is 7.02. The summed E-state index contributed by atoms with van der Waals surface area (Å²) in [4.78, 5) is 37.0. The van der Waals surface area contributed by atoms with Crippen LogP contribution in [0.2, 0.25) is 0 Å². The van der Waals surface area contributed by atoms with Crippen molar-refractivity contribution in [3.05, 3.63) is 23.5 Å². The Kier molecular flexibility index (Phi) is 8.58. The molecule has 0 amide bonds. The lowest BCUT2D eigenvalue weighted by molar-refractivity contribution is 0.0686. The molecule has 2 rings (SSSR count). The highest BCUT2D eigenvalue weighted by atomic mass is 32.2. The second kappa shape index (κ2) is 10.4. The smallest absolute Gasteiger partial charge is 0.341 e. The third kappa shape index (κ3) is 5.74. The van der Waals surface area contributed by atoms with Gasteiger partial charge in [-0.2, -0.15) is 0 Å². The Labute approximate surface area is 158 Å². The zero-order chi connectivity index (χ0) is 19.7. The van der Waals surface area contributed by atoms with Crippen LogP contribution in [-0.2, 0) is 0 Å². The van der Waals surface area contributed by atoms with E-state index in [0.29, 0.717) is 21.9 Å². The number of aromatic nitrogens is 4. The Hall–Kier alpha value is -2.60. The van der Waals surface area contributed by atoms with E-state index in [9.17, 15) is 9.59 Å². The molecule has 0 unspecified atom stereocenters. The molecule has 0 bridgehead atoms. The van der Waals surface area contributed by atoms with Crippen LogP contribution in [0.1, 0.15) is 20.7 Å². The molecule has 12 heteroatoms. The first kappa shape index (κ1) is 21.4. The Bertz CT molecular complexity index is 725. The number of carbonyl (C=O) groups is 2. The van der Waals surface area contributed by atoms with Crippen LogP contribution in [0, 0.1) is 0 Å². The minimum absolute atomic E-state index is 0.0836. The first-order valence-corrected chi connectivity index (χ1v) is 9.47. The Morgan fingerprint density at radius 1 is 0.846 bits per heavy atom. The van der Waals surface area contributed by atoms with Gasteiger partial charge < -0.3 is 20.8 Å². The number of thioether (sulfide) groups is 2. The standard InChI is InChI=1S/2C7H9N3O2S/c2*1-8-5-4(6(11)12)3-9-7(10-5)13-2/h2*3H,1-2H3,(H,11,12)(H,8,9,10). The van der Waals surface area contributed by atoms with E-state index in [1.807, 2.05) is 12.5 Å². The Morgan fingerprint density at radius 2 is 1.19 bits per heavy atom. The van der Waals surface area contributed by atoms with Gasteiger partial charge in [0, 0.05) is 26.5 Å². The fourth-order valence-electron chi connectivity index (χ4n) is 1.62. The average Bonchev–Trinajstić information content (AvgIpc) is 2.66. The third-order valence-corrected chi connectivity index (χ3v) is 3.96. The quantitative estimate of drug-likeness (QED) is 0.415. The summed E-state index contributed by atoms with van der Waals surface area (Å²) in [7, 11) is 3.25. The second-order valence-electron chi connectivity index (χ2n) is 4.35. The molecule has 2 aromatic heterocycles. The summed E-state index contributed by atoms with van der Waals surface area (Å²) < 4.78 is 0. The molecule has 26 heavy (non-hydrogen) atoms. The fraction of sp³-hybridized carbons (Fsp3) is 0.286. The van der Waals surface area contributed by atoms with E-state index in [1.165, 1.54) is 35.9 Å². The number of carboxylic acids is 2. The molecule has 0 atom stereocenters. The highest BCUT2D eigenvalue weighted by molar-refractivity contribution is 7.98. The minimum atomic E-state index is -1.03. The Morgan fingerprint density at radius 3 is 1.42 bits per heavy atom. The molecule has 0 aromatic carbocycles. The van der Waals surface area contributed by atoms with Crippen LogP contribution in [-0.4, -0.2) is 68.7 Å². The van der Waals surface area contributed by atoms with Crippen LogP contribution in [0.15, 0.2) is 22.7 Å². The van der Waals surface area contributed by atoms with E-state index in [4.69, 9.17) is 10.2 Å². The molecule has 0 saturated heterocycles. The molecular weight excluding hydrogens is 380 g/mol. The first-order chi connectivity index (χ1) is 12.4. The molecule has 0 radical (unpaired) electrons. The van der Waals surface area contributed by atoms with Gasteiger partial charge in [-0.1, -0.05) is 23.5 Å². The van der Waals surface area contributed by atoms with Gasteiger partial charge in [-0.15, -0.1) is 0 Å². The summed E-state index contributed by atoms with van der Waals surface area (Å²) in [6.07, 6.45) is 6.25. The van der Waals surface area contributed by atoms with Gasteiger partial charge in [0.1, 0.15) is 22.8 Å². The van der Waals surface area contributed by atoms with Crippen molar-refractivity contribution in [2.24, 2.45) is 0 Å². The van der Waals surface area contributed by atoms with E-state index in [1.54, 1.807) is 14.1 Å². The number of nitrogens with zero attached hydrogens (tertiary/aromatic N) is 4.